The minimum Gasteiger partial charge on any atom is -0.480 e. The van der Waals surface area contributed by atoms with Gasteiger partial charge in [0.15, 0.2) is 5.13 Å². The Morgan fingerprint density at radius 2 is 2.57 bits per heavy atom. The molecule has 0 bridgehead atoms. The molecule has 0 fully saturated rings. The molecule has 14 heavy (non-hydrogen) atoms. The zero-order valence-electron chi connectivity index (χ0n) is 8.06. The summed E-state index contributed by atoms with van der Waals surface area (Å²) >= 11 is 1.42. The Labute approximate surface area is 87.0 Å². The van der Waals surface area contributed by atoms with E-state index in [0.717, 1.165) is 12.8 Å². The molecular weight excluding hydrogens is 200 g/mol. The highest BCUT2D eigenvalue weighted by Gasteiger charge is 2.16. The highest BCUT2D eigenvalue weighted by Crippen LogP contribution is 2.14. The van der Waals surface area contributed by atoms with Gasteiger partial charge in [-0.25, -0.2) is 9.78 Å². The molecule has 1 unspecified atom stereocenters. The van der Waals surface area contributed by atoms with Crippen LogP contribution in [0.1, 0.15) is 26.2 Å². The number of carboxylic acid groups (broad SMARTS) is 1. The van der Waals surface area contributed by atoms with Crippen LogP contribution in [0, 0.1) is 0 Å². The number of hydrogen-bond donors (Lipinski definition) is 2. The van der Waals surface area contributed by atoms with Gasteiger partial charge in [0, 0.05) is 11.6 Å². The highest BCUT2D eigenvalue weighted by molar-refractivity contribution is 7.13. The predicted octanol–water partition coefficient (Wildman–Crippen LogP) is 2.20. The minimum absolute atomic E-state index is 0.513. The molecule has 4 nitrogen and oxygen atoms in total. The van der Waals surface area contributed by atoms with Gasteiger partial charge in [-0.1, -0.05) is 19.8 Å². The first kappa shape index (κ1) is 11.0. The fourth-order valence-electron chi connectivity index (χ4n) is 1.11. The monoisotopic (exact) mass is 214 g/mol. The molecule has 0 amide bonds. The molecule has 0 saturated carbocycles. The van der Waals surface area contributed by atoms with Crippen LogP contribution < -0.4 is 5.32 Å². The van der Waals surface area contributed by atoms with Crippen LogP contribution >= 0.6 is 11.3 Å². The average molecular weight is 214 g/mol. The standard InChI is InChI=1S/C9H14N2O2S/c1-2-3-4-7(8(12)13)11-9-10-5-6-14-9/h5-7H,2-4H2,1H3,(H,10,11)(H,12,13). The van der Waals surface area contributed by atoms with Gasteiger partial charge < -0.3 is 10.4 Å². The van der Waals surface area contributed by atoms with E-state index in [9.17, 15) is 4.79 Å². The molecule has 78 valence electrons. The number of aromatic nitrogens is 1. The van der Waals surface area contributed by atoms with Crippen LogP contribution in [-0.4, -0.2) is 22.1 Å². The van der Waals surface area contributed by atoms with Crippen molar-refractivity contribution in [2.75, 3.05) is 5.32 Å². The molecule has 1 aromatic heterocycles. The lowest BCUT2D eigenvalue weighted by molar-refractivity contribution is -0.138. The average Bonchev–Trinajstić information content (AvgIpc) is 2.64. The fourth-order valence-corrected chi connectivity index (χ4v) is 1.69. The Kier molecular flexibility index (Phi) is 4.39. The molecule has 1 aromatic rings. The van der Waals surface area contributed by atoms with E-state index in [1.165, 1.54) is 11.3 Å². The van der Waals surface area contributed by atoms with Crippen LogP contribution in [0.2, 0.25) is 0 Å². The van der Waals surface area contributed by atoms with E-state index < -0.39 is 12.0 Å². The van der Waals surface area contributed by atoms with E-state index in [-0.39, 0.29) is 0 Å². The number of anilines is 1. The summed E-state index contributed by atoms with van der Waals surface area (Å²) in [4.78, 5) is 14.8. The predicted molar refractivity (Wildman–Crippen MR) is 56.7 cm³/mol. The maximum atomic E-state index is 10.8. The molecule has 5 heteroatoms. The van der Waals surface area contributed by atoms with Crippen molar-refractivity contribution in [1.29, 1.82) is 0 Å². The van der Waals surface area contributed by atoms with Crippen LogP contribution in [0.15, 0.2) is 11.6 Å². The first-order valence-electron chi connectivity index (χ1n) is 4.63. The first-order chi connectivity index (χ1) is 6.74. The van der Waals surface area contributed by atoms with Crippen molar-refractivity contribution in [2.45, 2.75) is 32.2 Å². The normalized spacial score (nSPS) is 12.4. The summed E-state index contributed by atoms with van der Waals surface area (Å²) in [6, 6.07) is -0.513. The number of aliphatic carboxylic acids is 1. The minimum atomic E-state index is -0.811. The molecule has 0 radical (unpaired) electrons. The molecule has 2 N–H and O–H groups in total. The highest BCUT2D eigenvalue weighted by atomic mass is 32.1. The Morgan fingerprint density at radius 3 is 3.07 bits per heavy atom. The van der Waals surface area contributed by atoms with Crippen LogP contribution in [0.3, 0.4) is 0 Å². The van der Waals surface area contributed by atoms with Gasteiger partial charge in [0.25, 0.3) is 0 Å². The van der Waals surface area contributed by atoms with Crippen molar-refractivity contribution in [3.05, 3.63) is 11.6 Å². The first-order valence-corrected chi connectivity index (χ1v) is 5.51. The number of hydrogen-bond acceptors (Lipinski definition) is 4. The van der Waals surface area contributed by atoms with E-state index in [2.05, 4.69) is 10.3 Å². The molecule has 1 rings (SSSR count). The SMILES string of the molecule is CCCCC(Nc1nccs1)C(=O)O. The molecule has 0 aliphatic rings. The maximum absolute atomic E-state index is 10.8. The molecule has 0 aromatic carbocycles. The van der Waals surface area contributed by atoms with Gasteiger partial charge in [-0.3, -0.25) is 0 Å². The van der Waals surface area contributed by atoms with E-state index >= 15 is 0 Å². The van der Waals surface area contributed by atoms with Gasteiger partial charge in [0.05, 0.1) is 0 Å². The summed E-state index contributed by atoms with van der Waals surface area (Å²) in [5.74, 6) is -0.811. The van der Waals surface area contributed by atoms with E-state index in [0.29, 0.717) is 11.6 Å². The number of thiazole rings is 1. The number of unbranched alkanes of at least 4 members (excludes halogenated alkanes) is 1. The second-order valence-electron chi connectivity index (χ2n) is 3.01. The van der Waals surface area contributed by atoms with Gasteiger partial charge >= 0.3 is 5.97 Å². The zero-order valence-corrected chi connectivity index (χ0v) is 8.88. The molecule has 0 aliphatic heterocycles. The third-order valence-corrected chi connectivity index (χ3v) is 2.58. The van der Waals surface area contributed by atoms with E-state index in [4.69, 9.17) is 5.11 Å². The van der Waals surface area contributed by atoms with Gasteiger partial charge in [0.2, 0.25) is 0 Å². The fraction of sp³-hybridized carbons (Fsp3) is 0.556. The quantitative estimate of drug-likeness (QED) is 0.762. The van der Waals surface area contributed by atoms with E-state index in [1.54, 1.807) is 6.20 Å². The van der Waals surface area contributed by atoms with Crippen molar-refractivity contribution in [2.24, 2.45) is 0 Å². The lowest BCUT2D eigenvalue weighted by Crippen LogP contribution is -2.28. The lowest BCUT2D eigenvalue weighted by Gasteiger charge is -2.12. The molecule has 0 spiro atoms. The summed E-state index contributed by atoms with van der Waals surface area (Å²) in [6.45, 7) is 2.04. The zero-order chi connectivity index (χ0) is 10.4. The summed E-state index contributed by atoms with van der Waals surface area (Å²) in [5, 5.41) is 14.3. The summed E-state index contributed by atoms with van der Waals surface area (Å²) in [5.41, 5.74) is 0. The van der Waals surface area contributed by atoms with Crippen molar-refractivity contribution in [1.82, 2.24) is 4.98 Å². The van der Waals surface area contributed by atoms with Crippen LogP contribution in [0.4, 0.5) is 5.13 Å². The lowest BCUT2D eigenvalue weighted by atomic mass is 10.1. The number of carbonyl (C=O) groups is 1. The molecular formula is C9H14N2O2S. The van der Waals surface area contributed by atoms with Gasteiger partial charge in [-0.15, -0.1) is 11.3 Å². The van der Waals surface area contributed by atoms with Crippen molar-refractivity contribution in [3.63, 3.8) is 0 Å². The molecule has 0 saturated heterocycles. The van der Waals surface area contributed by atoms with Gasteiger partial charge in [-0.2, -0.15) is 0 Å². The molecule has 1 heterocycles. The Balaban J connectivity index is 2.47. The molecule has 1 atom stereocenters. The Bertz CT molecular complexity index is 274. The van der Waals surface area contributed by atoms with Gasteiger partial charge in [0.1, 0.15) is 6.04 Å². The smallest absolute Gasteiger partial charge is 0.326 e. The summed E-state index contributed by atoms with van der Waals surface area (Å²) < 4.78 is 0. The number of rotatable bonds is 6. The topological polar surface area (TPSA) is 62.2 Å². The summed E-state index contributed by atoms with van der Waals surface area (Å²) in [6.07, 6.45) is 4.22. The van der Waals surface area contributed by atoms with Crippen molar-refractivity contribution >= 4 is 22.4 Å². The van der Waals surface area contributed by atoms with Gasteiger partial charge in [-0.05, 0) is 6.42 Å². The maximum Gasteiger partial charge on any atom is 0.326 e. The number of nitrogens with one attached hydrogen (secondary N) is 1. The molecule has 0 aliphatic carbocycles. The van der Waals surface area contributed by atoms with E-state index in [1.807, 2.05) is 12.3 Å². The van der Waals surface area contributed by atoms with Crippen LogP contribution in [0.25, 0.3) is 0 Å². The number of carboxylic acids is 1. The Morgan fingerprint density at radius 1 is 1.79 bits per heavy atom. The van der Waals surface area contributed by atoms with Crippen molar-refractivity contribution in [3.8, 4) is 0 Å². The van der Waals surface area contributed by atoms with Crippen LogP contribution in [0.5, 0.6) is 0 Å². The Hall–Kier alpha value is -1.10. The number of nitrogens with zero attached hydrogens (tertiary/aromatic N) is 1. The second-order valence-corrected chi connectivity index (χ2v) is 3.91. The van der Waals surface area contributed by atoms with Crippen molar-refractivity contribution < 1.29 is 9.90 Å². The third-order valence-electron chi connectivity index (χ3n) is 1.87. The van der Waals surface area contributed by atoms with Crippen LogP contribution in [-0.2, 0) is 4.79 Å². The second kappa shape index (κ2) is 5.59. The summed E-state index contributed by atoms with van der Waals surface area (Å²) in [7, 11) is 0. The third kappa shape index (κ3) is 3.33. The largest absolute Gasteiger partial charge is 0.480 e.